The Morgan fingerprint density at radius 3 is 1.89 bits per heavy atom. The third-order valence-corrected chi connectivity index (χ3v) is 11.2. The van der Waals surface area contributed by atoms with E-state index >= 15 is 0 Å². The molecule has 2 heterocycles. The molecule has 4 nitrogen and oxygen atoms in total. The molecular weight excluding hydrogens is 352 g/mol. The van der Waals surface area contributed by atoms with Crippen molar-refractivity contribution in [3.63, 3.8) is 0 Å². The number of amides is 2. The van der Waals surface area contributed by atoms with Crippen molar-refractivity contribution in [1.29, 1.82) is 0 Å². The van der Waals surface area contributed by atoms with Gasteiger partial charge in [-0.05, 0) is 42.3 Å². The number of carbonyl (C=O) groups excluding carboxylic acids is 2. The van der Waals surface area contributed by atoms with Gasteiger partial charge < -0.3 is 4.57 Å². The van der Waals surface area contributed by atoms with Gasteiger partial charge in [0.25, 0.3) is 0 Å². The highest BCUT2D eigenvalue weighted by atomic mass is 28.3. The second kappa shape index (κ2) is 7.78. The highest BCUT2D eigenvalue weighted by Gasteiger charge is 2.46. The van der Waals surface area contributed by atoms with Crippen molar-refractivity contribution in [2.45, 2.75) is 31.7 Å². The summed E-state index contributed by atoms with van der Waals surface area (Å²) in [7, 11) is -1.98. The number of benzene rings is 2. The van der Waals surface area contributed by atoms with Crippen molar-refractivity contribution in [1.82, 2.24) is 9.47 Å². The molecule has 2 aliphatic heterocycles. The minimum absolute atomic E-state index is 0.00366. The number of hydrogen-bond acceptors (Lipinski definition) is 3. The van der Waals surface area contributed by atoms with Crippen molar-refractivity contribution >= 4 is 30.4 Å². The van der Waals surface area contributed by atoms with Crippen molar-refractivity contribution in [2.75, 3.05) is 19.6 Å². The smallest absolute Gasteiger partial charge is 0.229 e. The fourth-order valence-corrected chi connectivity index (χ4v) is 9.91. The Hall–Kier alpha value is -2.24. The molecule has 5 heteroatoms. The molecule has 0 saturated carbocycles. The molecule has 2 fully saturated rings. The van der Waals surface area contributed by atoms with E-state index in [1.54, 1.807) is 0 Å². The lowest BCUT2D eigenvalue weighted by molar-refractivity contribution is -0.138. The number of imide groups is 1. The average Bonchev–Trinajstić information content (AvgIpc) is 3.28. The maximum absolute atomic E-state index is 11.9. The first-order chi connectivity index (χ1) is 13.2. The second-order valence-electron chi connectivity index (χ2n) is 7.48. The van der Waals surface area contributed by atoms with E-state index in [9.17, 15) is 9.59 Å². The summed E-state index contributed by atoms with van der Waals surface area (Å²) in [5.74, 6) is -0.00732. The fourth-order valence-electron chi connectivity index (χ4n) is 4.72. The average molecular weight is 379 g/mol. The van der Waals surface area contributed by atoms with Crippen LogP contribution in [0.4, 0.5) is 0 Å². The van der Waals surface area contributed by atoms with E-state index in [-0.39, 0.29) is 11.8 Å². The minimum Gasteiger partial charge on any atom is -0.316 e. The van der Waals surface area contributed by atoms with Gasteiger partial charge in [0, 0.05) is 19.4 Å². The molecule has 2 aliphatic rings. The molecule has 2 aromatic carbocycles. The van der Waals surface area contributed by atoms with Crippen molar-refractivity contribution < 1.29 is 9.59 Å². The Kier molecular flexibility index (Phi) is 5.23. The van der Waals surface area contributed by atoms with Gasteiger partial charge in [0.1, 0.15) is 0 Å². The molecule has 140 valence electrons. The van der Waals surface area contributed by atoms with Gasteiger partial charge in [-0.3, -0.25) is 14.5 Å². The summed E-state index contributed by atoms with van der Waals surface area (Å²) in [6.45, 7) is 2.59. The molecular formula is C22H26N2O2Si. The quantitative estimate of drug-likeness (QED) is 0.570. The van der Waals surface area contributed by atoms with Crippen molar-refractivity contribution in [3.05, 3.63) is 60.7 Å². The summed E-state index contributed by atoms with van der Waals surface area (Å²) in [6.07, 6.45) is 2.83. The highest BCUT2D eigenvalue weighted by Crippen LogP contribution is 2.26. The van der Waals surface area contributed by atoms with Crippen LogP contribution in [0, 0.1) is 0 Å². The third kappa shape index (κ3) is 3.37. The summed E-state index contributed by atoms with van der Waals surface area (Å²) >= 11 is 0. The molecule has 2 aromatic rings. The Morgan fingerprint density at radius 1 is 0.778 bits per heavy atom. The van der Waals surface area contributed by atoms with Gasteiger partial charge in [-0.25, -0.2) is 0 Å². The highest BCUT2D eigenvalue weighted by molar-refractivity contribution is 7.00. The summed E-state index contributed by atoms with van der Waals surface area (Å²) in [5.41, 5.74) is 0. The van der Waals surface area contributed by atoms with Crippen molar-refractivity contribution in [3.8, 4) is 0 Å². The van der Waals surface area contributed by atoms with Crippen LogP contribution in [0.15, 0.2) is 60.7 Å². The Balaban J connectivity index is 1.57. The first kappa shape index (κ1) is 18.1. The van der Waals surface area contributed by atoms with Gasteiger partial charge in [0.15, 0.2) is 8.24 Å². The maximum Gasteiger partial charge on any atom is 0.229 e. The molecule has 27 heavy (non-hydrogen) atoms. The van der Waals surface area contributed by atoms with Crippen LogP contribution in [0.25, 0.3) is 0 Å². The first-order valence-corrected chi connectivity index (χ1v) is 12.1. The zero-order chi connectivity index (χ0) is 18.7. The molecule has 2 amide bonds. The van der Waals surface area contributed by atoms with E-state index < -0.39 is 8.24 Å². The van der Waals surface area contributed by atoms with Crippen LogP contribution >= 0.6 is 0 Å². The predicted molar refractivity (Wildman–Crippen MR) is 109 cm³/mol. The van der Waals surface area contributed by atoms with E-state index in [2.05, 4.69) is 65.2 Å². The van der Waals surface area contributed by atoms with Gasteiger partial charge in [-0.15, -0.1) is 0 Å². The minimum atomic E-state index is -1.98. The van der Waals surface area contributed by atoms with E-state index in [0.717, 1.165) is 19.5 Å². The van der Waals surface area contributed by atoms with Crippen LogP contribution in [-0.4, -0.2) is 49.1 Å². The van der Waals surface area contributed by atoms with E-state index in [0.29, 0.717) is 19.4 Å². The first-order valence-electron chi connectivity index (χ1n) is 9.91. The number of rotatable bonds is 6. The summed E-state index contributed by atoms with van der Waals surface area (Å²) in [6, 6.07) is 23.1. The number of nitrogens with zero attached hydrogens (tertiary/aromatic N) is 2. The number of carbonyl (C=O) groups is 2. The lowest BCUT2D eigenvalue weighted by Crippen LogP contribution is -2.67. The molecule has 2 saturated heterocycles. The summed E-state index contributed by atoms with van der Waals surface area (Å²) in [4.78, 5) is 25.2. The van der Waals surface area contributed by atoms with E-state index in [4.69, 9.17) is 0 Å². The molecule has 0 aliphatic carbocycles. The van der Waals surface area contributed by atoms with Gasteiger partial charge in [-0.1, -0.05) is 60.7 Å². The molecule has 0 radical (unpaired) electrons. The van der Waals surface area contributed by atoms with Crippen LogP contribution in [-0.2, 0) is 9.59 Å². The maximum atomic E-state index is 11.9. The standard InChI is InChI=1S/C22H26N2O2Si/c25-21-13-14-22(26)24(21)17-7-15-23-16-8-18-27(23,19-9-3-1-4-10-19)20-11-5-2-6-12-20/h1-6,9-12H,7-8,13-18H2. The normalized spacial score (nSPS) is 19.8. The van der Waals surface area contributed by atoms with Crippen LogP contribution in [0.3, 0.4) is 0 Å². The number of likely N-dealkylation sites (tertiary alicyclic amines) is 1. The third-order valence-electron chi connectivity index (χ3n) is 5.97. The lowest BCUT2D eigenvalue weighted by Gasteiger charge is -2.38. The van der Waals surface area contributed by atoms with Gasteiger partial charge >= 0.3 is 0 Å². The molecule has 0 atom stereocenters. The van der Waals surface area contributed by atoms with Gasteiger partial charge in [-0.2, -0.15) is 0 Å². The predicted octanol–water partition coefficient (Wildman–Crippen LogP) is 1.99. The molecule has 0 bridgehead atoms. The zero-order valence-corrected chi connectivity index (χ0v) is 16.6. The second-order valence-corrected chi connectivity index (χ2v) is 11.5. The molecule has 0 aromatic heterocycles. The van der Waals surface area contributed by atoms with E-state index in [1.807, 2.05) is 0 Å². The Morgan fingerprint density at radius 2 is 1.33 bits per heavy atom. The van der Waals surface area contributed by atoms with Crippen LogP contribution < -0.4 is 10.4 Å². The zero-order valence-electron chi connectivity index (χ0n) is 15.6. The summed E-state index contributed by atoms with van der Waals surface area (Å²) < 4.78 is 2.68. The SMILES string of the molecule is O=C1CCC(=O)N1CCCN1CCC[Si]1(c1ccccc1)c1ccccc1. The van der Waals surface area contributed by atoms with Gasteiger partial charge in [0.2, 0.25) is 11.8 Å². The molecule has 0 unspecified atom stereocenters. The van der Waals surface area contributed by atoms with E-state index in [1.165, 1.54) is 27.7 Å². The Bertz CT molecular complexity index is 754. The Labute approximate surface area is 161 Å². The van der Waals surface area contributed by atoms with Gasteiger partial charge in [0.05, 0.1) is 0 Å². The molecule has 0 spiro atoms. The topological polar surface area (TPSA) is 40.6 Å². The monoisotopic (exact) mass is 378 g/mol. The van der Waals surface area contributed by atoms with Crippen molar-refractivity contribution in [2.24, 2.45) is 0 Å². The fraction of sp³-hybridized carbons (Fsp3) is 0.364. The van der Waals surface area contributed by atoms with Crippen LogP contribution in [0.2, 0.25) is 6.04 Å². The van der Waals surface area contributed by atoms with Crippen LogP contribution in [0.5, 0.6) is 0 Å². The molecule has 0 N–H and O–H groups in total. The summed E-state index contributed by atoms with van der Waals surface area (Å²) in [5, 5.41) is 2.92. The van der Waals surface area contributed by atoms with Crippen LogP contribution in [0.1, 0.15) is 25.7 Å². The lowest BCUT2D eigenvalue weighted by atomic mass is 10.3. The molecule has 4 rings (SSSR count). The largest absolute Gasteiger partial charge is 0.316 e. The number of hydrogen-bond donors (Lipinski definition) is 0.